The van der Waals surface area contributed by atoms with E-state index in [9.17, 15) is 20.2 Å². The maximum Gasteiger partial charge on any atom is 0.300 e. The Hall–Kier alpha value is -5.08. The van der Waals surface area contributed by atoms with Gasteiger partial charge in [-0.25, -0.2) is 9.61 Å². The van der Waals surface area contributed by atoms with Gasteiger partial charge < -0.3 is 22.1 Å². The first kappa shape index (κ1) is 24.1. The number of nitrogens with zero attached hydrogens (tertiary/aromatic N) is 6. The van der Waals surface area contributed by atoms with Gasteiger partial charge in [0.1, 0.15) is 11.5 Å². The SMILES string of the molecule is CCc1nc(N)nc(N)c1-c1ccc(NCCCNc2ccc([N+](=O)[O-])c3nonc23)c([N+](=O)[O-])c1. The molecule has 4 aromatic rings. The third-order valence-electron chi connectivity index (χ3n) is 5.42. The van der Waals surface area contributed by atoms with Gasteiger partial charge in [-0.15, -0.1) is 0 Å². The van der Waals surface area contributed by atoms with Crippen LogP contribution in [0.1, 0.15) is 19.0 Å². The molecule has 0 amide bonds. The van der Waals surface area contributed by atoms with Crippen LogP contribution in [0.4, 0.5) is 34.5 Å². The number of aryl methyl sites for hydroxylation is 1. The Morgan fingerprint density at radius 2 is 1.58 bits per heavy atom. The summed E-state index contributed by atoms with van der Waals surface area (Å²) in [5, 5.41) is 36.4. The first-order valence-corrected chi connectivity index (χ1v) is 10.9. The molecule has 15 heteroatoms. The fraction of sp³-hybridized carbons (Fsp3) is 0.238. The number of fused-ring (bicyclic) bond motifs is 1. The molecule has 6 N–H and O–H groups in total. The normalized spacial score (nSPS) is 10.9. The molecule has 0 unspecified atom stereocenters. The summed E-state index contributed by atoms with van der Waals surface area (Å²) in [6.45, 7) is 2.75. The van der Waals surface area contributed by atoms with Crippen LogP contribution in [-0.4, -0.2) is 43.2 Å². The molecule has 0 aliphatic heterocycles. The van der Waals surface area contributed by atoms with Gasteiger partial charge in [-0.1, -0.05) is 13.0 Å². The van der Waals surface area contributed by atoms with Crippen molar-refractivity contribution in [3.8, 4) is 11.1 Å². The number of non-ortho nitro benzene ring substituents is 1. The van der Waals surface area contributed by atoms with Crippen LogP contribution in [0.25, 0.3) is 22.2 Å². The first-order chi connectivity index (χ1) is 17.3. The zero-order chi connectivity index (χ0) is 25.8. The van der Waals surface area contributed by atoms with Gasteiger partial charge in [-0.3, -0.25) is 20.2 Å². The lowest BCUT2D eigenvalue weighted by Crippen LogP contribution is -2.11. The van der Waals surface area contributed by atoms with Gasteiger partial charge in [0.15, 0.2) is 5.52 Å². The minimum absolute atomic E-state index is 0.0452. The highest BCUT2D eigenvalue weighted by molar-refractivity contribution is 5.93. The molecule has 186 valence electrons. The molecule has 2 aromatic carbocycles. The quantitative estimate of drug-likeness (QED) is 0.141. The molecular formula is C21H22N10O5. The molecule has 4 rings (SSSR count). The van der Waals surface area contributed by atoms with Crippen LogP contribution in [-0.2, 0) is 6.42 Å². The van der Waals surface area contributed by atoms with Gasteiger partial charge in [0.25, 0.3) is 5.69 Å². The Morgan fingerprint density at radius 1 is 0.917 bits per heavy atom. The van der Waals surface area contributed by atoms with E-state index < -0.39 is 9.85 Å². The number of nitro benzene ring substituents is 2. The number of nitro groups is 2. The minimum Gasteiger partial charge on any atom is -0.383 e. The second-order valence-electron chi connectivity index (χ2n) is 7.69. The topological polar surface area (TPSA) is 227 Å². The fourth-order valence-electron chi connectivity index (χ4n) is 3.78. The number of nitrogens with one attached hydrogen (secondary N) is 2. The highest BCUT2D eigenvalue weighted by Crippen LogP contribution is 2.35. The van der Waals surface area contributed by atoms with Crippen molar-refractivity contribution in [1.82, 2.24) is 20.3 Å². The lowest BCUT2D eigenvalue weighted by Gasteiger charge is -2.13. The number of hydrogen-bond donors (Lipinski definition) is 4. The van der Waals surface area contributed by atoms with E-state index in [1.165, 1.54) is 18.2 Å². The van der Waals surface area contributed by atoms with Crippen molar-refractivity contribution in [2.24, 2.45) is 0 Å². The van der Waals surface area contributed by atoms with Crippen LogP contribution < -0.4 is 22.1 Å². The molecular weight excluding hydrogens is 472 g/mol. The van der Waals surface area contributed by atoms with Gasteiger partial charge >= 0.3 is 5.69 Å². The molecule has 2 aromatic heterocycles. The predicted octanol–water partition coefficient (Wildman–Crippen LogP) is 3.14. The van der Waals surface area contributed by atoms with E-state index in [1.807, 2.05) is 6.92 Å². The van der Waals surface area contributed by atoms with Crippen molar-refractivity contribution >= 4 is 45.5 Å². The van der Waals surface area contributed by atoms with Crippen molar-refractivity contribution in [1.29, 1.82) is 0 Å². The standard InChI is InChI=1S/C21H22N10O5/c1-2-12-17(20(22)27-21(23)26-12)11-4-5-13(16(10-11)31(34)35)24-8-3-9-25-14-6-7-15(30(32)33)19-18(14)28-36-29-19/h4-7,10,24-25H,2-3,8-9H2,1H3,(H4,22,23,26,27). The van der Waals surface area contributed by atoms with Gasteiger partial charge in [-0.2, -0.15) is 4.98 Å². The third kappa shape index (κ3) is 4.75. The summed E-state index contributed by atoms with van der Waals surface area (Å²) in [4.78, 5) is 30.0. The highest BCUT2D eigenvalue weighted by atomic mass is 16.6. The van der Waals surface area contributed by atoms with Crippen LogP contribution in [0.3, 0.4) is 0 Å². The second kappa shape index (κ2) is 10.0. The van der Waals surface area contributed by atoms with Crippen LogP contribution in [0, 0.1) is 20.2 Å². The van der Waals surface area contributed by atoms with Crippen LogP contribution in [0.5, 0.6) is 0 Å². The zero-order valence-electron chi connectivity index (χ0n) is 19.1. The average molecular weight is 494 g/mol. The van der Waals surface area contributed by atoms with E-state index in [2.05, 4.69) is 35.5 Å². The summed E-state index contributed by atoms with van der Waals surface area (Å²) in [5.74, 6) is 0.201. The summed E-state index contributed by atoms with van der Waals surface area (Å²) >= 11 is 0. The molecule has 0 bridgehead atoms. The van der Waals surface area contributed by atoms with Crippen molar-refractivity contribution in [3.63, 3.8) is 0 Å². The Kier molecular flexibility index (Phi) is 6.71. The van der Waals surface area contributed by atoms with Crippen molar-refractivity contribution < 1.29 is 14.5 Å². The van der Waals surface area contributed by atoms with Gasteiger partial charge in [-0.05, 0) is 40.9 Å². The maximum atomic E-state index is 11.7. The molecule has 0 fully saturated rings. The number of hydrogen-bond acceptors (Lipinski definition) is 13. The van der Waals surface area contributed by atoms with Crippen LogP contribution in [0.2, 0.25) is 0 Å². The molecule has 0 aliphatic carbocycles. The van der Waals surface area contributed by atoms with Crippen molar-refractivity contribution in [2.45, 2.75) is 19.8 Å². The van der Waals surface area contributed by atoms with E-state index in [-0.39, 0.29) is 34.2 Å². The molecule has 0 saturated carbocycles. The maximum absolute atomic E-state index is 11.7. The third-order valence-corrected chi connectivity index (χ3v) is 5.42. The monoisotopic (exact) mass is 494 g/mol. The van der Waals surface area contributed by atoms with E-state index >= 15 is 0 Å². The molecule has 36 heavy (non-hydrogen) atoms. The molecule has 2 heterocycles. The molecule has 0 aliphatic rings. The summed E-state index contributed by atoms with van der Waals surface area (Å²) in [5.41, 5.74) is 14.2. The Bertz CT molecular complexity index is 1450. The fourth-order valence-corrected chi connectivity index (χ4v) is 3.78. The lowest BCUT2D eigenvalue weighted by molar-refractivity contribution is -0.383. The number of anilines is 4. The largest absolute Gasteiger partial charge is 0.383 e. The van der Waals surface area contributed by atoms with E-state index in [4.69, 9.17) is 11.5 Å². The van der Waals surface area contributed by atoms with Crippen molar-refractivity contribution in [2.75, 3.05) is 35.2 Å². The van der Waals surface area contributed by atoms with Crippen LogP contribution in [0.15, 0.2) is 35.0 Å². The molecule has 0 atom stereocenters. The molecule has 0 saturated heterocycles. The number of rotatable bonds is 10. The molecule has 15 nitrogen and oxygen atoms in total. The summed E-state index contributed by atoms with van der Waals surface area (Å²) in [6, 6.07) is 7.59. The average Bonchev–Trinajstić information content (AvgIpc) is 3.33. The Balaban J connectivity index is 1.44. The number of nitrogens with two attached hydrogens (primary N) is 2. The van der Waals surface area contributed by atoms with Gasteiger partial charge in [0.2, 0.25) is 11.5 Å². The van der Waals surface area contributed by atoms with E-state index in [0.717, 1.165) is 0 Å². The minimum atomic E-state index is -0.559. The molecule has 0 spiro atoms. The number of nitrogen functional groups attached to an aromatic ring is 2. The second-order valence-corrected chi connectivity index (χ2v) is 7.69. The predicted molar refractivity (Wildman–Crippen MR) is 132 cm³/mol. The number of aromatic nitrogens is 4. The smallest absolute Gasteiger partial charge is 0.300 e. The lowest BCUT2D eigenvalue weighted by atomic mass is 10.0. The Labute approximate surface area is 203 Å². The Morgan fingerprint density at radius 3 is 2.28 bits per heavy atom. The number of benzene rings is 2. The van der Waals surface area contributed by atoms with Crippen molar-refractivity contribution in [3.05, 3.63) is 56.3 Å². The summed E-state index contributed by atoms with van der Waals surface area (Å²) in [6.07, 6.45) is 1.10. The van der Waals surface area contributed by atoms with E-state index in [1.54, 1.807) is 12.1 Å². The van der Waals surface area contributed by atoms with Gasteiger partial charge in [0.05, 0.1) is 21.2 Å². The van der Waals surface area contributed by atoms with Gasteiger partial charge in [0, 0.05) is 30.8 Å². The zero-order valence-corrected chi connectivity index (χ0v) is 19.1. The first-order valence-electron chi connectivity index (χ1n) is 10.9. The van der Waals surface area contributed by atoms with Crippen LogP contribution >= 0.6 is 0 Å². The summed E-state index contributed by atoms with van der Waals surface area (Å²) in [7, 11) is 0. The highest BCUT2D eigenvalue weighted by Gasteiger charge is 2.20. The van der Waals surface area contributed by atoms with E-state index in [0.29, 0.717) is 54.1 Å². The summed E-state index contributed by atoms with van der Waals surface area (Å²) < 4.78 is 4.64. The molecule has 0 radical (unpaired) electrons.